The van der Waals surface area contributed by atoms with Gasteiger partial charge in [0.05, 0.1) is 12.8 Å². The van der Waals surface area contributed by atoms with E-state index in [9.17, 15) is 14.7 Å². The summed E-state index contributed by atoms with van der Waals surface area (Å²) >= 11 is 11.8. The monoisotopic (exact) mass is 397 g/mol. The van der Waals surface area contributed by atoms with Crippen molar-refractivity contribution in [2.75, 3.05) is 12.4 Å². The third-order valence-corrected chi connectivity index (χ3v) is 4.21. The van der Waals surface area contributed by atoms with Crippen molar-refractivity contribution in [2.24, 2.45) is 0 Å². The van der Waals surface area contributed by atoms with Crippen LogP contribution in [0.5, 0.6) is 11.5 Å². The minimum absolute atomic E-state index is 0.0889. The molecule has 0 spiro atoms. The lowest BCUT2D eigenvalue weighted by Crippen LogP contribution is -2.30. The van der Waals surface area contributed by atoms with Gasteiger partial charge < -0.3 is 19.9 Å². The molecular weight excluding hydrogens is 381 g/mol. The van der Waals surface area contributed by atoms with E-state index in [1.54, 1.807) is 19.1 Å². The Hall–Kier alpha value is -2.44. The molecule has 0 heterocycles. The minimum Gasteiger partial charge on any atom is -0.507 e. The van der Waals surface area contributed by atoms with Gasteiger partial charge in [-0.1, -0.05) is 23.2 Å². The van der Waals surface area contributed by atoms with Crippen LogP contribution in [0.4, 0.5) is 5.69 Å². The van der Waals surface area contributed by atoms with Crippen LogP contribution in [0.3, 0.4) is 0 Å². The number of benzene rings is 2. The Morgan fingerprint density at radius 1 is 1.19 bits per heavy atom. The molecule has 0 fully saturated rings. The number of rotatable bonds is 5. The maximum absolute atomic E-state index is 12.3. The largest absolute Gasteiger partial charge is 0.507 e. The molecule has 0 aliphatic rings. The highest BCUT2D eigenvalue weighted by molar-refractivity contribution is 6.31. The molecule has 2 aromatic carbocycles. The molecule has 1 atom stereocenters. The highest BCUT2D eigenvalue weighted by atomic mass is 35.5. The van der Waals surface area contributed by atoms with Crippen molar-refractivity contribution in [3.8, 4) is 11.5 Å². The van der Waals surface area contributed by atoms with E-state index >= 15 is 0 Å². The van der Waals surface area contributed by atoms with E-state index in [0.29, 0.717) is 16.5 Å². The van der Waals surface area contributed by atoms with Gasteiger partial charge in [-0.2, -0.15) is 0 Å². The Morgan fingerprint density at radius 3 is 2.50 bits per heavy atom. The summed E-state index contributed by atoms with van der Waals surface area (Å²) in [6, 6.07) is 7.19. The fourth-order valence-electron chi connectivity index (χ4n) is 2.12. The summed E-state index contributed by atoms with van der Waals surface area (Å²) in [6.45, 7) is 3.19. The second kappa shape index (κ2) is 8.29. The lowest BCUT2D eigenvalue weighted by Gasteiger charge is -2.16. The van der Waals surface area contributed by atoms with E-state index in [1.165, 1.54) is 32.2 Å². The van der Waals surface area contributed by atoms with E-state index in [0.717, 1.165) is 5.56 Å². The molecule has 0 saturated carbocycles. The van der Waals surface area contributed by atoms with Crippen molar-refractivity contribution in [2.45, 2.75) is 20.0 Å². The van der Waals surface area contributed by atoms with Crippen molar-refractivity contribution < 1.29 is 24.2 Å². The molecule has 0 aliphatic heterocycles. The van der Waals surface area contributed by atoms with Crippen molar-refractivity contribution in [3.63, 3.8) is 0 Å². The molecule has 0 aromatic heterocycles. The lowest BCUT2D eigenvalue weighted by molar-refractivity contribution is -0.123. The van der Waals surface area contributed by atoms with E-state index in [4.69, 9.17) is 32.7 Å². The van der Waals surface area contributed by atoms with Gasteiger partial charge in [0.2, 0.25) is 0 Å². The molecular formula is C18H17Cl2NO5. The molecule has 0 saturated heterocycles. The number of aryl methyl sites for hydroxylation is 1. The number of ether oxygens (including phenoxy) is 2. The zero-order chi connectivity index (χ0) is 19.4. The zero-order valence-corrected chi connectivity index (χ0v) is 15.8. The molecule has 26 heavy (non-hydrogen) atoms. The molecule has 0 aliphatic carbocycles. The van der Waals surface area contributed by atoms with Crippen LogP contribution in [-0.2, 0) is 9.53 Å². The predicted molar refractivity (Wildman–Crippen MR) is 99.4 cm³/mol. The Bertz CT molecular complexity index is 854. The highest BCUT2D eigenvalue weighted by Crippen LogP contribution is 2.31. The van der Waals surface area contributed by atoms with Gasteiger partial charge in [-0.15, -0.1) is 0 Å². The summed E-state index contributed by atoms with van der Waals surface area (Å²) < 4.78 is 10.3. The Labute approximate surface area is 160 Å². The second-order valence-corrected chi connectivity index (χ2v) is 6.34. The van der Waals surface area contributed by atoms with E-state index < -0.39 is 18.0 Å². The number of methoxy groups -OCH3 is 1. The van der Waals surface area contributed by atoms with Crippen LogP contribution in [0.15, 0.2) is 30.3 Å². The number of aromatic hydroxyl groups is 1. The van der Waals surface area contributed by atoms with Crippen LogP contribution in [-0.4, -0.2) is 30.2 Å². The summed E-state index contributed by atoms with van der Waals surface area (Å²) in [4.78, 5) is 24.4. The maximum atomic E-state index is 12.3. The average molecular weight is 398 g/mol. The molecule has 0 bridgehead atoms. The third kappa shape index (κ3) is 4.59. The first-order valence-corrected chi connectivity index (χ1v) is 8.33. The number of esters is 1. The molecule has 2 rings (SSSR count). The van der Waals surface area contributed by atoms with Crippen LogP contribution in [0.25, 0.3) is 0 Å². The number of hydrogen-bond acceptors (Lipinski definition) is 5. The van der Waals surface area contributed by atoms with Crippen LogP contribution < -0.4 is 10.1 Å². The first-order chi connectivity index (χ1) is 12.2. The molecule has 1 amide bonds. The number of halogens is 2. The first-order valence-electron chi connectivity index (χ1n) is 7.57. The van der Waals surface area contributed by atoms with Gasteiger partial charge in [-0.05, 0) is 43.7 Å². The van der Waals surface area contributed by atoms with Crippen molar-refractivity contribution in [1.82, 2.24) is 0 Å². The summed E-state index contributed by atoms with van der Waals surface area (Å²) in [5.74, 6) is -1.36. The summed E-state index contributed by atoms with van der Waals surface area (Å²) in [6.07, 6.45) is -1.11. The van der Waals surface area contributed by atoms with E-state index in [1.807, 2.05) is 0 Å². The number of carbonyl (C=O) groups excluding carboxylic acids is 2. The molecule has 0 unspecified atom stereocenters. The van der Waals surface area contributed by atoms with Gasteiger partial charge in [0.15, 0.2) is 6.10 Å². The smallest absolute Gasteiger partial charge is 0.342 e. The number of carbonyl (C=O) groups is 2. The number of phenolic OH excluding ortho intramolecular Hbond substituents is 1. The van der Waals surface area contributed by atoms with Gasteiger partial charge in [-0.25, -0.2) is 4.79 Å². The number of phenols is 1. The molecule has 6 nitrogen and oxygen atoms in total. The number of amides is 1. The summed E-state index contributed by atoms with van der Waals surface area (Å²) in [5, 5.41) is 13.2. The quantitative estimate of drug-likeness (QED) is 0.738. The van der Waals surface area contributed by atoms with E-state index in [-0.39, 0.29) is 16.3 Å². The van der Waals surface area contributed by atoms with Crippen LogP contribution in [0.1, 0.15) is 22.8 Å². The number of nitrogens with one attached hydrogen (secondary N) is 1. The SMILES string of the molecule is COc1cc(Cl)c(C)cc1NC(=O)[C@@H](C)OC(=O)c1ccc(Cl)cc1O. The van der Waals surface area contributed by atoms with Crippen molar-refractivity contribution in [1.29, 1.82) is 0 Å². The molecule has 2 N–H and O–H groups in total. The minimum atomic E-state index is -1.11. The normalized spacial score (nSPS) is 11.6. The third-order valence-electron chi connectivity index (χ3n) is 3.57. The summed E-state index contributed by atoms with van der Waals surface area (Å²) in [5.41, 5.74) is 1.06. The van der Waals surface area contributed by atoms with Crippen molar-refractivity contribution in [3.05, 3.63) is 51.5 Å². The predicted octanol–water partition coefficient (Wildman–Crippen LogP) is 4.20. The van der Waals surface area contributed by atoms with Crippen LogP contribution in [0.2, 0.25) is 10.0 Å². The second-order valence-electron chi connectivity index (χ2n) is 5.50. The molecule has 138 valence electrons. The molecule has 8 heteroatoms. The number of hydrogen-bond donors (Lipinski definition) is 2. The van der Waals surface area contributed by atoms with Gasteiger partial charge in [0, 0.05) is 16.1 Å². The molecule has 2 aromatic rings. The fourth-order valence-corrected chi connectivity index (χ4v) is 2.44. The average Bonchev–Trinajstić information content (AvgIpc) is 2.57. The Balaban J connectivity index is 2.10. The van der Waals surface area contributed by atoms with Crippen LogP contribution in [0, 0.1) is 6.92 Å². The standard InChI is InChI=1S/C18H17Cl2NO5/c1-9-6-14(16(25-3)8-13(9)20)21-17(23)10(2)26-18(24)12-5-4-11(19)7-15(12)22/h4-8,10,22H,1-3H3,(H,21,23)/t10-/m1/s1. The Morgan fingerprint density at radius 2 is 1.88 bits per heavy atom. The maximum Gasteiger partial charge on any atom is 0.342 e. The van der Waals surface area contributed by atoms with Gasteiger partial charge in [0.1, 0.15) is 17.1 Å². The van der Waals surface area contributed by atoms with E-state index in [2.05, 4.69) is 5.32 Å². The lowest BCUT2D eigenvalue weighted by atomic mass is 10.2. The van der Waals surface area contributed by atoms with Crippen LogP contribution >= 0.6 is 23.2 Å². The molecule has 0 radical (unpaired) electrons. The topological polar surface area (TPSA) is 84.9 Å². The highest BCUT2D eigenvalue weighted by Gasteiger charge is 2.22. The van der Waals surface area contributed by atoms with Gasteiger partial charge >= 0.3 is 5.97 Å². The zero-order valence-electron chi connectivity index (χ0n) is 14.3. The fraction of sp³-hybridized carbons (Fsp3) is 0.222. The van der Waals surface area contributed by atoms with Gasteiger partial charge in [-0.3, -0.25) is 4.79 Å². The Kier molecular flexibility index (Phi) is 6.34. The first kappa shape index (κ1) is 19.9. The van der Waals surface area contributed by atoms with Gasteiger partial charge in [0.25, 0.3) is 5.91 Å². The van der Waals surface area contributed by atoms with Crippen molar-refractivity contribution >= 4 is 40.8 Å². The summed E-state index contributed by atoms with van der Waals surface area (Å²) in [7, 11) is 1.45. The number of anilines is 1.